The Labute approximate surface area is 127 Å². The van der Waals surface area contributed by atoms with Gasteiger partial charge in [-0.25, -0.2) is 0 Å². The molecule has 22 heavy (non-hydrogen) atoms. The van der Waals surface area contributed by atoms with Gasteiger partial charge >= 0.3 is 0 Å². The van der Waals surface area contributed by atoms with Crippen LogP contribution in [0.5, 0.6) is 5.75 Å². The van der Waals surface area contributed by atoms with Crippen molar-refractivity contribution in [1.29, 1.82) is 5.26 Å². The van der Waals surface area contributed by atoms with E-state index in [1.165, 1.54) is 0 Å². The lowest BCUT2D eigenvalue weighted by molar-refractivity contribution is 0.340. The van der Waals surface area contributed by atoms with E-state index in [0.29, 0.717) is 40.9 Å². The van der Waals surface area contributed by atoms with Crippen LogP contribution in [0.1, 0.15) is 12.5 Å². The van der Waals surface area contributed by atoms with Crippen LogP contribution in [0.4, 0.5) is 0 Å². The van der Waals surface area contributed by atoms with Crippen LogP contribution in [0.3, 0.4) is 0 Å². The Morgan fingerprint density at radius 3 is 2.91 bits per heavy atom. The number of aromatic nitrogens is 3. The summed E-state index contributed by atoms with van der Waals surface area (Å²) < 4.78 is 10.7. The van der Waals surface area contributed by atoms with Gasteiger partial charge in [0.15, 0.2) is 0 Å². The smallest absolute Gasteiger partial charge is 0.258 e. The van der Waals surface area contributed by atoms with Crippen LogP contribution in [0.25, 0.3) is 23.0 Å². The second-order valence-electron chi connectivity index (χ2n) is 4.43. The number of nitrogens with zero attached hydrogens (tertiary/aromatic N) is 4. The van der Waals surface area contributed by atoms with Crippen LogP contribution < -0.4 is 4.74 Å². The van der Waals surface area contributed by atoms with Gasteiger partial charge < -0.3 is 9.26 Å². The normalized spacial score (nSPS) is 10.2. The lowest BCUT2D eigenvalue weighted by Crippen LogP contribution is -1.93. The Kier molecular flexibility index (Phi) is 3.79. The van der Waals surface area contributed by atoms with Gasteiger partial charge in [-0.1, -0.05) is 11.2 Å². The van der Waals surface area contributed by atoms with Crippen LogP contribution in [0.15, 0.2) is 47.1 Å². The van der Waals surface area contributed by atoms with Crippen LogP contribution in [0.2, 0.25) is 0 Å². The molecule has 0 fully saturated rings. The molecule has 6 nitrogen and oxygen atoms in total. The quantitative estimate of drug-likeness (QED) is 0.734. The van der Waals surface area contributed by atoms with E-state index in [-0.39, 0.29) is 0 Å². The predicted molar refractivity (Wildman–Crippen MR) is 78.8 cm³/mol. The molecule has 2 heterocycles. The van der Waals surface area contributed by atoms with Crippen molar-refractivity contribution in [2.24, 2.45) is 0 Å². The van der Waals surface area contributed by atoms with Gasteiger partial charge in [0.05, 0.1) is 18.2 Å². The summed E-state index contributed by atoms with van der Waals surface area (Å²) in [6.45, 7) is 2.39. The minimum absolute atomic E-state index is 0.318. The van der Waals surface area contributed by atoms with E-state index in [0.717, 1.165) is 0 Å². The highest BCUT2D eigenvalue weighted by Gasteiger charge is 2.13. The number of ether oxygens (including phenoxy) is 1. The number of hydrogen-bond donors (Lipinski definition) is 0. The second kappa shape index (κ2) is 6.06. The molecular formula is C16H12N4O2. The van der Waals surface area contributed by atoms with E-state index in [1.54, 1.807) is 30.5 Å². The van der Waals surface area contributed by atoms with Gasteiger partial charge in [0.1, 0.15) is 11.4 Å². The maximum absolute atomic E-state index is 9.10. The van der Waals surface area contributed by atoms with Crippen LogP contribution in [-0.4, -0.2) is 21.7 Å². The summed E-state index contributed by atoms with van der Waals surface area (Å²) in [4.78, 5) is 8.50. The zero-order valence-corrected chi connectivity index (χ0v) is 11.9. The zero-order chi connectivity index (χ0) is 15.4. The zero-order valence-electron chi connectivity index (χ0n) is 11.9. The van der Waals surface area contributed by atoms with Gasteiger partial charge in [-0.15, -0.1) is 0 Å². The molecule has 1 aromatic carbocycles. The van der Waals surface area contributed by atoms with Crippen molar-refractivity contribution in [3.05, 3.63) is 48.2 Å². The average molecular weight is 292 g/mol. The summed E-state index contributed by atoms with van der Waals surface area (Å²) in [5.74, 6) is 1.31. The summed E-state index contributed by atoms with van der Waals surface area (Å²) in [6.07, 6.45) is 1.66. The first-order valence-corrected chi connectivity index (χ1v) is 6.73. The van der Waals surface area contributed by atoms with Crippen LogP contribution in [0, 0.1) is 11.3 Å². The molecule has 6 heteroatoms. The molecule has 0 aliphatic heterocycles. The van der Waals surface area contributed by atoms with Gasteiger partial charge in [-0.3, -0.25) is 4.98 Å². The monoisotopic (exact) mass is 292 g/mol. The summed E-state index contributed by atoms with van der Waals surface area (Å²) in [5, 5.41) is 13.0. The third-order valence-electron chi connectivity index (χ3n) is 2.91. The second-order valence-corrected chi connectivity index (χ2v) is 4.43. The Morgan fingerprint density at radius 2 is 2.18 bits per heavy atom. The number of pyridine rings is 1. The first-order valence-electron chi connectivity index (χ1n) is 6.73. The molecule has 0 amide bonds. The highest BCUT2D eigenvalue weighted by molar-refractivity contribution is 5.61. The fourth-order valence-corrected chi connectivity index (χ4v) is 1.98. The Morgan fingerprint density at radius 1 is 1.27 bits per heavy atom. The fourth-order valence-electron chi connectivity index (χ4n) is 1.98. The van der Waals surface area contributed by atoms with E-state index in [9.17, 15) is 0 Å². The third kappa shape index (κ3) is 2.79. The number of hydrogen-bond acceptors (Lipinski definition) is 6. The van der Waals surface area contributed by atoms with E-state index >= 15 is 0 Å². The number of nitriles is 1. The third-order valence-corrected chi connectivity index (χ3v) is 2.91. The lowest BCUT2D eigenvalue weighted by Gasteiger charge is -2.04. The van der Waals surface area contributed by atoms with E-state index in [1.807, 2.05) is 19.1 Å². The standard InChI is InChI=1S/C16H12N4O2/c1-2-21-13-8-11(10-17)7-12(9-13)16-19-15(20-22-16)14-5-3-4-6-18-14/h3-9H,2H2,1H3. The largest absolute Gasteiger partial charge is 0.494 e. The van der Waals surface area contributed by atoms with Crippen molar-refractivity contribution < 1.29 is 9.26 Å². The van der Waals surface area contributed by atoms with Gasteiger partial charge in [0.25, 0.3) is 5.89 Å². The molecule has 0 spiro atoms. The predicted octanol–water partition coefficient (Wildman–Crippen LogP) is 3.07. The van der Waals surface area contributed by atoms with Crippen molar-refractivity contribution >= 4 is 0 Å². The molecule has 108 valence electrons. The van der Waals surface area contributed by atoms with Gasteiger partial charge in [0, 0.05) is 11.8 Å². The first kappa shape index (κ1) is 13.8. The molecule has 2 aromatic heterocycles. The molecule has 0 aliphatic rings. The molecule has 0 radical (unpaired) electrons. The van der Waals surface area contributed by atoms with Crippen LogP contribution >= 0.6 is 0 Å². The molecule has 0 bridgehead atoms. The minimum Gasteiger partial charge on any atom is -0.494 e. The Balaban J connectivity index is 2.00. The van der Waals surface area contributed by atoms with Crippen molar-refractivity contribution in [3.63, 3.8) is 0 Å². The first-order chi connectivity index (χ1) is 10.8. The molecule has 0 N–H and O–H groups in total. The fraction of sp³-hybridized carbons (Fsp3) is 0.125. The molecule has 0 saturated carbocycles. The molecule has 3 rings (SSSR count). The molecule has 0 atom stereocenters. The van der Waals surface area contributed by atoms with Gasteiger partial charge in [0.2, 0.25) is 5.82 Å². The topological polar surface area (TPSA) is 84.8 Å². The maximum atomic E-state index is 9.10. The van der Waals surface area contributed by atoms with Crippen molar-refractivity contribution in [2.75, 3.05) is 6.61 Å². The lowest BCUT2D eigenvalue weighted by atomic mass is 10.1. The molecule has 0 unspecified atom stereocenters. The highest BCUT2D eigenvalue weighted by Crippen LogP contribution is 2.26. The van der Waals surface area contributed by atoms with Crippen molar-refractivity contribution in [3.8, 4) is 34.8 Å². The van der Waals surface area contributed by atoms with Gasteiger partial charge in [-0.2, -0.15) is 10.2 Å². The Hall–Kier alpha value is -3.20. The molecule has 3 aromatic rings. The molecular weight excluding hydrogens is 280 g/mol. The van der Waals surface area contributed by atoms with Crippen molar-refractivity contribution in [2.45, 2.75) is 6.92 Å². The number of benzene rings is 1. The van der Waals surface area contributed by atoms with E-state index in [4.69, 9.17) is 14.5 Å². The van der Waals surface area contributed by atoms with E-state index in [2.05, 4.69) is 21.2 Å². The summed E-state index contributed by atoms with van der Waals surface area (Å²) in [6, 6.07) is 12.7. The van der Waals surface area contributed by atoms with Crippen molar-refractivity contribution in [1.82, 2.24) is 15.1 Å². The molecule has 0 aliphatic carbocycles. The SMILES string of the molecule is CCOc1cc(C#N)cc(-c2nc(-c3ccccn3)no2)c1. The highest BCUT2D eigenvalue weighted by atomic mass is 16.5. The van der Waals surface area contributed by atoms with Crippen LogP contribution in [-0.2, 0) is 0 Å². The summed E-state index contributed by atoms with van der Waals surface area (Å²) >= 11 is 0. The minimum atomic E-state index is 0.318. The van der Waals surface area contributed by atoms with Gasteiger partial charge in [-0.05, 0) is 37.3 Å². The Bertz CT molecular complexity index is 822. The van der Waals surface area contributed by atoms with E-state index < -0.39 is 0 Å². The number of rotatable bonds is 4. The summed E-state index contributed by atoms with van der Waals surface area (Å²) in [7, 11) is 0. The molecule has 0 saturated heterocycles. The average Bonchev–Trinajstić information content (AvgIpc) is 3.06. The summed E-state index contributed by atoms with van der Waals surface area (Å²) in [5.41, 5.74) is 1.73. The maximum Gasteiger partial charge on any atom is 0.258 e.